The molecule has 136 valence electrons. The van der Waals surface area contributed by atoms with Crippen LogP contribution in [-0.4, -0.2) is 46.7 Å². The molecule has 0 aromatic heterocycles. The summed E-state index contributed by atoms with van der Waals surface area (Å²) in [6.45, 7) is 2.27. The monoisotopic (exact) mass is 364 g/mol. The van der Waals surface area contributed by atoms with Gasteiger partial charge in [0.05, 0.1) is 10.6 Å². The number of sulfonamides is 1. The molecule has 1 atom stereocenters. The molecule has 6 heteroatoms. The summed E-state index contributed by atoms with van der Waals surface area (Å²) in [6.07, 6.45) is -0.951. The summed E-state index contributed by atoms with van der Waals surface area (Å²) in [6, 6.07) is 15.5. The van der Waals surface area contributed by atoms with Crippen LogP contribution in [0, 0.1) is 6.92 Å². The highest BCUT2D eigenvalue weighted by Crippen LogP contribution is 2.24. The number of aryl methyl sites for hydroxylation is 1. The van der Waals surface area contributed by atoms with E-state index < -0.39 is 16.2 Å². The zero-order valence-corrected chi connectivity index (χ0v) is 15.7. The van der Waals surface area contributed by atoms with Crippen molar-refractivity contribution in [2.24, 2.45) is 0 Å². The van der Waals surface area contributed by atoms with E-state index in [0.717, 1.165) is 5.56 Å². The van der Waals surface area contributed by atoms with Crippen molar-refractivity contribution in [2.75, 3.05) is 31.5 Å². The van der Waals surface area contributed by atoms with Crippen LogP contribution >= 0.6 is 0 Å². The lowest BCUT2D eigenvalue weighted by Crippen LogP contribution is -2.34. The van der Waals surface area contributed by atoms with Gasteiger partial charge >= 0.3 is 0 Å². The standard InChI is InChI=1S/C19H25FN2O2S/c1-16-9-11-19(12-10-16)25(23,24)22(18-7-5-4-6-8-18)14-13-17(20)15-21(2)3/h4-12,17H,13-15H2,1-3H3/t17-/m0/s1. The molecule has 0 aliphatic heterocycles. The van der Waals surface area contributed by atoms with E-state index in [1.807, 2.05) is 13.0 Å². The third kappa shape index (κ3) is 5.28. The van der Waals surface area contributed by atoms with Gasteiger partial charge in [-0.25, -0.2) is 12.8 Å². The maximum absolute atomic E-state index is 14.1. The average molecular weight is 364 g/mol. The van der Waals surface area contributed by atoms with E-state index >= 15 is 0 Å². The van der Waals surface area contributed by atoms with Gasteiger partial charge in [0, 0.05) is 13.1 Å². The summed E-state index contributed by atoms with van der Waals surface area (Å²) in [7, 11) is -0.150. The summed E-state index contributed by atoms with van der Waals surface area (Å²) in [5.74, 6) is 0. The van der Waals surface area contributed by atoms with Crippen molar-refractivity contribution < 1.29 is 12.8 Å². The molecule has 0 amide bonds. The summed E-state index contributed by atoms with van der Waals surface area (Å²) >= 11 is 0. The zero-order chi connectivity index (χ0) is 18.4. The van der Waals surface area contributed by atoms with Crippen molar-refractivity contribution in [2.45, 2.75) is 24.4 Å². The zero-order valence-electron chi connectivity index (χ0n) is 14.9. The molecular formula is C19H25FN2O2S. The van der Waals surface area contributed by atoms with Gasteiger partial charge < -0.3 is 4.90 Å². The number of rotatable bonds is 8. The number of anilines is 1. The van der Waals surface area contributed by atoms with Crippen LogP contribution in [0.15, 0.2) is 59.5 Å². The Balaban J connectivity index is 2.29. The molecule has 2 rings (SSSR count). The van der Waals surface area contributed by atoms with Gasteiger partial charge in [-0.15, -0.1) is 0 Å². The first kappa shape index (κ1) is 19.4. The topological polar surface area (TPSA) is 40.6 Å². The first-order valence-electron chi connectivity index (χ1n) is 8.24. The van der Waals surface area contributed by atoms with Gasteiger partial charge in [-0.1, -0.05) is 35.9 Å². The maximum atomic E-state index is 14.1. The van der Waals surface area contributed by atoms with Gasteiger partial charge in [0.15, 0.2) is 0 Å². The molecule has 0 saturated carbocycles. The number of hydrogen-bond donors (Lipinski definition) is 0. The molecule has 2 aromatic carbocycles. The molecule has 0 fully saturated rings. The minimum Gasteiger partial charge on any atom is -0.307 e. The lowest BCUT2D eigenvalue weighted by molar-refractivity contribution is 0.238. The van der Waals surface area contributed by atoms with Crippen LogP contribution in [0.25, 0.3) is 0 Å². The van der Waals surface area contributed by atoms with Crippen LogP contribution in [0.3, 0.4) is 0 Å². The number of alkyl halides is 1. The van der Waals surface area contributed by atoms with E-state index in [4.69, 9.17) is 0 Å². The molecule has 0 spiro atoms. The van der Waals surface area contributed by atoms with E-state index in [1.54, 1.807) is 67.5 Å². The molecule has 0 unspecified atom stereocenters. The molecule has 4 nitrogen and oxygen atoms in total. The second-order valence-electron chi connectivity index (χ2n) is 6.37. The molecule has 0 heterocycles. The lowest BCUT2D eigenvalue weighted by Gasteiger charge is -2.26. The predicted molar refractivity (Wildman–Crippen MR) is 100 cm³/mol. The Morgan fingerprint density at radius 1 is 1.00 bits per heavy atom. The predicted octanol–water partition coefficient (Wildman–Crippen LogP) is 3.48. The number of nitrogens with zero attached hydrogens (tertiary/aromatic N) is 2. The SMILES string of the molecule is Cc1ccc(S(=O)(=O)N(CC[C@H](F)CN(C)C)c2ccccc2)cc1. The van der Waals surface area contributed by atoms with Gasteiger partial charge in [-0.2, -0.15) is 0 Å². The summed E-state index contributed by atoms with van der Waals surface area (Å²) in [5, 5.41) is 0. The molecule has 0 aliphatic rings. The van der Waals surface area contributed by atoms with E-state index in [2.05, 4.69) is 0 Å². The van der Waals surface area contributed by atoms with Crippen molar-refractivity contribution in [3.63, 3.8) is 0 Å². The van der Waals surface area contributed by atoms with Crippen molar-refractivity contribution >= 4 is 15.7 Å². The Morgan fingerprint density at radius 2 is 1.60 bits per heavy atom. The van der Waals surface area contributed by atoms with Crippen LogP contribution in [0.1, 0.15) is 12.0 Å². The van der Waals surface area contributed by atoms with Crippen LogP contribution < -0.4 is 4.31 Å². The van der Waals surface area contributed by atoms with E-state index in [9.17, 15) is 12.8 Å². The Bertz CT molecular complexity index is 762. The smallest absolute Gasteiger partial charge is 0.264 e. The van der Waals surface area contributed by atoms with Crippen molar-refractivity contribution in [1.29, 1.82) is 0 Å². The summed E-state index contributed by atoms with van der Waals surface area (Å²) < 4.78 is 41.5. The van der Waals surface area contributed by atoms with Crippen LogP contribution in [-0.2, 0) is 10.0 Å². The fourth-order valence-electron chi connectivity index (χ4n) is 2.56. The third-order valence-corrected chi connectivity index (χ3v) is 5.70. The summed E-state index contributed by atoms with van der Waals surface area (Å²) in [4.78, 5) is 1.97. The Hall–Kier alpha value is -1.92. The molecule has 2 aromatic rings. The van der Waals surface area contributed by atoms with Gasteiger partial charge in [0.2, 0.25) is 0 Å². The number of halogens is 1. The third-order valence-electron chi connectivity index (χ3n) is 3.86. The largest absolute Gasteiger partial charge is 0.307 e. The molecule has 0 aliphatic carbocycles. The molecular weight excluding hydrogens is 339 g/mol. The minimum absolute atomic E-state index is 0.0925. The second kappa shape index (κ2) is 8.45. The Labute approximate surface area is 149 Å². The lowest BCUT2D eigenvalue weighted by atomic mass is 10.2. The molecule has 25 heavy (non-hydrogen) atoms. The van der Waals surface area contributed by atoms with Crippen molar-refractivity contribution in [3.8, 4) is 0 Å². The highest BCUT2D eigenvalue weighted by Gasteiger charge is 2.25. The Morgan fingerprint density at radius 3 is 2.16 bits per heavy atom. The fraction of sp³-hybridized carbons (Fsp3) is 0.368. The fourth-order valence-corrected chi connectivity index (χ4v) is 4.04. The molecule has 0 saturated heterocycles. The van der Waals surface area contributed by atoms with Gasteiger partial charge in [-0.3, -0.25) is 4.31 Å². The number of para-hydroxylation sites is 1. The highest BCUT2D eigenvalue weighted by molar-refractivity contribution is 7.92. The van der Waals surface area contributed by atoms with Gasteiger partial charge in [-0.05, 0) is 51.7 Å². The van der Waals surface area contributed by atoms with E-state index in [1.165, 1.54) is 4.31 Å². The molecule has 0 radical (unpaired) electrons. The van der Waals surface area contributed by atoms with Crippen LogP contribution in [0.4, 0.5) is 10.1 Å². The first-order valence-corrected chi connectivity index (χ1v) is 9.68. The van der Waals surface area contributed by atoms with E-state index in [-0.39, 0.29) is 24.4 Å². The first-order chi connectivity index (χ1) is 11.8. The number of benzene rings is 2. The normalized spacial score (nSPS) is 13.0. The molecule has 0 bridgehead atoms. The second-order valence-corrected chi connectivity index (χ2v) is 8.24. The van der Waals surface area contributed by atoms with E-state index in [0.29, 0.717) is 5.69 Å². The average Bonchev–Trinajstić information content (AvgIpc) is 2.55. The van der Waals surface area contributed by atoms with Gasteiger partial charge in [0.1, 0.15) is 6.17 Å². The van der Waals surface area contributed by atoms with Crippen molar-refractivity contribution in [1.82, 2.24) is 4.90 Å². The van der Waals surface area contributed by atoms with Crippen molar-refractivity contribution in [3.05, 3.63) is 60.2 Å². The van der Waals surface area contributed by atoms with Crippen LogP contribution in [0.2, 0.25) is 0 Å². The molecule has 0 N–H and O–H groups in total. The quantitative estimate of drug-likeness (QED) is 0.720. The number of hydrogen-bond acceptors (Lipinski definition) is 3. The minimum atomic E-state index is -3.74. The van der Waals surface area contributed by atoms with Gasteiger partial charge in [0.25, 0.3) is 10.0 Å². The Kier molecular flexibility index (Phi) is 6.56. The summed E-state index contributed by atoms with van der Waals surface area (Å²) in [5.41, 5.74) is 1.53. The maximum Gasteiger partial charge on any atom is 0.264 e. The highest BCUT2D eigenvalue weighted by atomic mass is 32.2. The van der Waals surface area contributed by atoms with Crippen LogP contribution in [0.5, 0.6) is 0 Å².